The first-order valence-corrected chi connectivity index (χ1v) is 9.68. The van der Waals surface area contributed by atoms with Crippen molar-refractivity contribution in [3.05, 3.63) is 66.1 Å². The van der Waals surface area contributed by atoms with Crippen LogP contribution in [0.4, 0.5) is 13.2 Å². The van der Waals surface area contributed by atoms with Gasteiger partial charge in [-0.3, -0.25) is 9.59 Å². The minimum absolute atomic E-state index is 0.00904. The number of rotatable bonds is 7. The number of aromatic nitrogens is 3. The molecule has 1 unspecified atom stereocenters. The first kappa shape index (κ1) is 22.1. The number of aromatic amines is 2. The molecule has 4 N–H and O–H groups in total. The number of imidazole rings is 1. The van der Waals surface area contributed by atoms with Gasteiger partial charge in [-0.1, -0.05) is 12.1 Å². The minimum atomic E-state index is -4.86. The van der Waals surface area contributed by atoms with Crippen molar-refractivity contribution in [2.24, 2.45) is 0 Å². The van der Waals surface area contributed by atoms with Crippen molar-refractivity contribution in [2.45, 2.75) is 12.3 Å². The summed E-state index contributed by atoms with van der Waals surface area (Å²) in [6.45, 7) is -1.00. The average Bonchev–Trinajstić information content (AvgIpc) is 3.46. The maximum absolute atomic E-state index is 12.8. The molecule has 0 aliphatic rings. The maximum Gasteiger partial charge on any atom is 0.416 e. The lowest BCUT2D eigenvalue weighted by molar-refractivity contribution is -0.201. The van der Waals surface area contributed by atoms with Gasteiger partial charge in [-0.05, 0) is 30.3 Å². The van der Waals surface area contributed by atoms with Crippen LogP contribution >= 0.6 is 0 Å². The smallest absolute Gasteiger partial charge is 0.416 e. The molecule has 0 aliphatic heterocycles. The normalized spacial score (nSPS) is 12.5. The van der Waals surface area contributed by atoms with Crippen molar-refractivity contribution < 1.29 is 32.6 Å². The van der Waals surface area contributed by atoms with E-state index < -0.39 is 24.7 Å². The molecule has 0 spiro atoms. The lowest BCUT2D eigenvalue weighted by Crippen LogP contribution is -2.40. The van der Waals surface area contributed by atoms with Gasteiger partial charge < -0.3 is 25.1 Å². The molecule has 2 heterocycles. The van der Waals surface area contributed by atoms with E-state index in [1.807, 2.05) is 0 Å². The van der Waals surface area contributed by atoms with Crippen LogP contribution in [0.5, 0.6) is 11.5 Å². The molecule has 4 rings (SSSR count). The Morgan fingerprint density at radius 2 is 2.06 bits per heavy atom. The fourth-order valence-electron chi connectivity index (χ4n) is 3.20. The first-order chi connectivity index (χ1) is 15.8. The highest BCUT2D eigenvalue weighted by Crippen LogP contribution is 2.33. The summed E-state index contributed by atoms with van der Waals surface area (Å²) in [6.07, 6.45) is -3.96. The molecule has 4 aromatic rings. The zero-order valence-corrected chi connectivity index (χ0v) is 16.8. The van der Waals surface area contributed by atoms with Crippen LogP contribution in [0.15, 0.2) is 54.9 Å². The molecule has 0 fully saturated rings. The third-order valence-electron chi connectivity index (χ3n) is 4.81. The van der Waals surface area contributed by atoms with Crippen LogP contribution in [-0.4, -0.2) is 51.1 Å². The second-order valence-corrected chi connectivity index (χ2v) is 7.08. The number of carbonyl (C=O) groups is 2. The summed E-state index contributed by atoms with van der Waals surface area (Å²) >= 11 is 0. The lowest BCUT2D eigenvalue weighted by atomic mass is 10.1. The SMILES string of the molecule is O=Cc1cnc(-c2cccc(Oc3ccc4[nH]ccc4c3C(=O)NCC(O)C(F)(F)F)c2)[nH]1. The Bertz CT molecular complexity index is 1310. The molecule has 8 nitrogen and oxygen atoms in total. The van der Waals surface area contributed by atoms with E-state index in [2.05, 4.69) is 20.3 Å². The highest BCUT2D eigenvalue weighted by atomic mass is 19.4. The van der Waals surface area contributed by atoms with Gasteiger partial charge >= 0.3 is 6.18 Å². The van der Waals surface area contributed by atoms with Gasteiger partial charge in [0, 0.05) is 22.7 Å². The summed E-state index contributed by atoms with van der Waals surface area (Å²) in [6, 6.07) is 11.4. The standard InChI is InChI=1S/C22H17F3N4O4/c23-22(24,25)18(31)10-28-21(32)19-15-6-7-26-16(15)4-5-17(19)33-14-3-1-2-12(8-14)20-27-9-13(11-30)29-20/h1-9,11,18,26,31H,10H2,(H,27,29)(H,28,32). The molecule has 2 aromatic heterocycles. The number of hydrogen-bond donors (Lipinski definition) is 4. The lowest BCUT2D eigenvalue weighted by Gasteiger charge is -2.17. The van der Waals surface area contributed by atoms with Crippen LogP contribution < -0.4 is 10.1 Å². The number of fused-ring (bicyclic) bond motifs is 1. The number of amides is 1. The van der Waals surface area contributed by atoms with Crippen molar-refractivity contribution >= 4 is 23.1 Å². The van der Waals surface area contributed by atoms with E-state index in [0.29, 0.717) is 40.0 Å². The minimum Gasteiger partial charge on any atom is -0.456 e. The van der Waals surface area contributed by atoms with Crippen molar-refractivity contribution in [3.63, 3.8) is 0 Å². The van der Waals surface area contributed by atoms with E-state index in [-0.39, 0.29) is 11.3 Å². The quantitative estimate of drug-likeness (QED) is 0.314. The molecule has 1 atom stereocenters. The van der Waals surface area contributed by atoms with E-state index in [0.717, 1.165) is 0 Å². The van der Waals surface area contributed by atoms with Crippen LogP contribution in [0.2, 0.25) is 0 Å². The fourth-order valence-corrected chi connectivity index (χ4v) is 3.20. The van der Waals surface area contributed by atoms with Gasteiger partial charge in [-0.15, -0.1) is 0 Å². The molecular weight excluding hydrogens is 441 g/mol. The monoisotopic (exact) mass is 458 g/mol. The number of aliphatic hydroxyl groups excluding tert-OH is 1. The van der Waals surface area contributed by atoms with Gasteiger partial charge in [-0.25, -0.2) is 4.98 Å². The number of halogens is 3. The Labute approximate surface area is 184 Å². The second-order valence-electron chi connectivity index (χ2n) is 7.08. The number of aliphatic hydroxyl groups is 1. The number of carbonyl (C=O) groups excluding carboxylic acids is 2. The van der Waals surface area contributed by atoms with Crippen LogP contribution in [-0.2, 0) is 0 Å². The number of hydrogen-bond acceptors (Lipinski definition) is 5. The van der Waals surface area contributed by atoms with Crippen molar-refractivity contribution in [1.29, 1.82) is 0 Å². The van der Waals surface area contributed by atoms with Crippen LogP contribution in [0, 0.1) is 0 Å². The third-order valence-corrected chi connectivity index (χ3v) is 4.81. The number of benzene rings is 2. The number of alkyl halides is 3. The number of aldehydes is 1. The van der Waals surface area contributed by atoms with Crippen molar-refractivity contribution in [2.75, 3.05) is 6.54 Å². The largest absolute Gasteiger partial charge is 0.456 e. The molecule has 0 saturated heterocycles. The van der Waals surface area contributed by atoms with Gasteiger partial charge in [0.2, 0.25) is 0 Å². The number of nitrogens with one attached hydrogen (secondary N) is 3. The van der Waals surface area contributed by atoms with Gasteiger partial charge in [0.1, 0.15) is 17.3 Å². The molecule has 1 amide bonds. The Kier molecular flexibility index (Phi) is 5.88. The average molecular weight is 458 g/mol. The van der Waals surface area contributed by atoms with Crippen LogP contribution in [0.3, 0.4) is 0 Å². The van der Waals surface area contributed by atoms with E-state index in [1.165, 1.54) is 12.3 Å². The number of H-pyrrole nitrogens is 2. The van der Waals surface area contributed by atoms with Crippen molar-refractivity contribution in [3.8, 4) is 22.9 Å². The fraction of sp³-hybridized carbons (Fsp3) is 0.136. The van der Waals surface area contributed by atoms with Gasteiger partial charge in [0.25, 0.3) is 5.91 Å². The predicted octanol–water partition coefficient (Wildman–Crippen LogP) is 3.82. The molecule has 11 heteroatoms. The molecule has 0 aliphatic carbocycles. The van der Waals surface area contributed by atoms with Gasteiger partial charge in [0.15, 0.2) is 12.4 Å². The molecule has 33 heavy (non-hydrogen) atoms. The van der Waals surface area contributed by atoms with Crippen molar-refractivity contribution in [1.82, 2.24) is 20.3 Å². The molecule has 0 radical (unpaired) electrons. The summed E-state index contributed by atoms with van der Waals surface area (Å²) in [4.78, 5) is 33.6. The Balaban J connectivity index is 1.64. The highest BCUT2D eigenvalue weighted by Gasteiger charge is 2.38. The van der Waals surface area contributed by atoms with E-state index in [4.69, 9.17) is 4.74 Å². The van der Waals surface area contributed by atoms with Gasteiger partial charge in [-0.2, -0.15) is 13.2 Å². The predicted molar refractivity (Wildman–Crippen MR) is 112 cm³/mol. The zero-order valence-electron chi connectivity index (χ0n) is 16.8. The molecule has 170 valence electrons. The highest BCUT2D eigenvalue weighted by molar-refractivity contribution is 6.09. The Hall–Kier alpha value is -4.12. The third kappa shape index (κ3) is 4.72. The van der Waals surface area contributed by atoms with E-state index in [9.17, 15) is 27.9 Å². The maximum atomic E-state index is 12.8. The topological polar surface area (TPSA) is 120 Å². The van der Waals surface area contributed by atoms with Gasteiger partial charge in [0.05, 0.1) is 24.0 Å². The summed E-state index contributed by atoms with van der Waals surface area (Å²) in [7, 11) is 0. The Morgan fingerprint density at radius 1 is 1.24 bits per heavy atom. The second kappa shape index (κ2) is 8.79. The Morgan fingerprint density at radius 3 is 2.79 bits per heavy atom. The molecule has 0 bridgehead atoms. The first-order valence-electron chi connectivity index (χ1n) is 9.68. The molecule has 2 aromatic carbocycles. The summed E-state index contributed by atoms with van der Waals surface area (Å²) in [5.41, 5.74) is 1.50. The molecular formula is C22H17F3N4O4. The number of ether oxygens (including phenoxy) is 1. The van der Waals surface area contributed by atoms with Crippen LogP contribution in [0.1, 0.15) is 20.8 Å². The van der Waals surface area contributed by atoms with E-state index >= 15 is 0 Å². The molecule has 0 saturated carbocycles. The summed E-state index contributed by atoms with van der Waals surface area (Å²) < 4.78 is 43.8. The van der Waals surface area contributed by atoms with E-state index in [1.54, 1.807) is 42.6 Å². The summed E-state index contributed by atoms with van der Waals surface area (Å²) in [5.74, 6) is 0.0288. The number of nitrogens with zero attached hydrogens (tertiary/aromatic N) is 1. The van der Waals surface area contributed by atoms with Crippen LogP contribution in [0.25, 0.3) is 22.3 Å². The zero-order chi connectivity index (χ0) is 23.6. The summed E-state index contributed by atoms with van der Waals surface area (Å²) in [5, 5.41) is 11.8.